The molecule has 2 aliphatic heterocycles. The molecule has 1 N–H and O–H groups in total. The van der Waals surface area contributed by atoms with E-state index in [2.05, 4.69) is 46.2 Å². The third-order valence-corrected chi connectivity index (χ3v) is 6.98. The second kappa shape index (κ2) is 11.0. The predicted molar refractivity (Wildman–Crippen MR) is 140 cm³/mol. The van der Waals surface area contributed by atoms with Gasteiger partial charge in [-0.1, -0.05) is 66.7 Å². The number of carbonyl (C=O) groups is 1. The van der Waals surface area contributed by atoms with Gasteiger partial charge in [-0.3, -0.25) is 14.6 Å². The first-order valence-electron chi connectivity index (χ1n) is 12.5. The number of hydrogen-bond acceptors (Lipinski definition) is 5. The summed E-state index contributed by atoms with van der Waals surface area (Å²) >= 11 is 0. The van der Waals surface area contributed by atoms with Crippen LogP contribution in [0.5, 0.6) is 5.75 Å². The van der Waals surface area contributed by atoms with Gasteiger partial charge in [0, 0.05) is 57.9 Å². The van der Waals surface area contributed by atoms with Crippen LogP contribution in [-0.4, -0.2) is 84.7 Å². The van der Waals surface area contributed by atoms with E-state index in [0.29, 0.717) is 38.4 Å². The smallest absolute Gasteiger partial charge is 0.257 e. The van der Waals surface area contributed by atoms with E-state index in [-0.39, 0.29) is 11.7 Å². The van der Waals surface area contributed by atoms with Crippen molar-refractivity contribution in [2.45, 2.75) is 6.54 Å². The number of piperazine rings is 1. The highest BCUT2D eigenvalue weighted by atomic mass is 16.5. The second-order valence-corrected chi connectivity index (χ2v) is 9.27. The largest absolute Gasteiger partial charge is 0.507 e. The van der Waals surface area contributed by atoms with Crippen molar-refractivity contribution in [3.63, 3.8) is 0 Å². The summed E-state index contributed by atoms with van der Waals surface area (Å²) in [6, 6.07) is 20.2. The third kappa shape index (κ3) is 5.56. The molecular weight excluding hydrogens is 438 g/mol. The van der Waals surface area contributed by atoms with E-state index in [1.165, 1.54) is 5.56 Å². The van der Waals surface area contributed by atoms with Crippen LogP contribution in [0.15, 0.2) is 66.7 Å². The molecule has 0 aromatic heterocycles. The zero-order chi connectivity index (χ0) is 24.0. The fourth-order valence-electron chi connectivity index (χ4n) is 4.93. The zero-order valence-corrected chi connectivity index (χ0v) is 20.1. The maximum atomic E-state index is 13.2. The summed E-state index contributed by atoms with van der Waals surface area (Å²) in [5.41, 5.74) is 2.46. The number of ether oxygens (including phenoxy) is 1. The summed E-state index contributed by atoms with van der Waals surface area (Å²) in [5.74, 6) is 0.00115. The Balaban J connectivity index is 1.28. The number of benzene rings is 3. The fraction of sp³-hybridized carbons (Fsp3) is 0.345. The Morgan fingerprint density at radius 3 is 2.34 bits per heavy atom. The van der Waals surface area contributed by atoms with Crippen LogP contribution in [0.1, 0.15) is 21.5 Å². The number of aromatic hydroxyl groups is 1. The molecule has 182 valence electrons. The van der Waals surface area contributed by atoms with E-state index in [0.717, 1.165) is 49.1 Å². The molecular formula is C29H33N3O3. The van der Waals surface area contributed by atoms with Gasteiger partial charge in [0.25, 0.3) is 5.91 Å². The normalized spacial score (nSPS) is 17.9. The molecule has 0 saturated carbocycles. The Labute approximate surface area is 207 Å². The van der Waals surface area contributed by atoms with Crippen molar-refractivity contribution >= 4 is 22.8 Å². The first kappa shape index (κ1) is 23.5. The number of rotatable bonds is 6. The molecule has 2 aliphatic rings. The minimum atomic E-state index is -0.118. The molecule has 2 saturated heterocycles. The van der Waals surface area contributed by atoms with Crippen LogP contribution in [0.2, 0.25) is 0 Å². The molecule has 0 radical (unpaired) electrons. The van der Waals surface area contributed by atoms with Crippen LogP contribution in [0.25, 0.3) is 16.8 Å². The Bertz CT molecular complexity index is 1180. The summed E-state index contributed by atoms with van der Waals surface area (Å²) in [5, 5.41) is 13.3. The van der Waals surface area contributed by atoms with Gasteiger partial charge >= 0.3 is 0 Å². The van der Waals surface area contributed by atoms with E-state index >= 15 is 0 Å². The lowest BCUT2D eigenvalue weighted by Gasteiger charge is -2.34. The molecule has 5 rings (SSSR count). The highest BCUT2D eigenvalue weighted by Crippen LogP contribution is 2.33. The van der Waals surface area contributed by atoms with E-state index in [9.17, 15) is 9.90 Å². The van der Waals surface area contributed by atoms with Gasteiger partial charge < -0.3 is 14.7 Å². The van der Waals surface area contributed by atoms with Gasteiger partial charge in [0.05, 0.1) is 18.8 Å². The number of carbonyl (C=O) groups excluding carboxylic acids is 1. The maximum absolute atomic E-state index is 13.2. The zero-order valence-electron chi connectivity index (χ0n) is 20.1. The minimum absolute atomic E-state index is 0.118. The molecule has 0 aliphatic carbocycles. The van der Waals surface area contributed by atoms with Crippen molar-refractivity contribution in [3.05, 3.63) is 83.4 Å². The van der Waals surface area contributed by atoms with Crippen molar-refractivity contribution in [1.82, 2.24) is 14.7 Å². The van der Waals surface area contributed by atoms with Gasteiger partial charge in [0.1, 0.15) is 5.75 Å². The maximum Gasteiger partial charge on any atom is 0.257 e. The van der Waals surface area contributed by atoms with Crippen LogP contribution >= 0.6 is 0 Å². The molecule has 0 bridgehead atoms. The van der Waals surface area contributed by atoms with E-state index in [1.54, 1.807) is 4.90 Å². The van der Waals surface area contributed by atoms with Gasteiger partial charge in [-0.2, -0.15) is 0 Å². The van der Waals surface area contributed by atoms with E-state index < -0.39 is 0 Å². The minimum Gasteiger partial charge on any atom is -0.507 e. The number of phenolic OH excluding ortho intramolecular Hbond substituents is 1. The third-order valence-electron chi connectivity index (χ3n) is 6.98. The molecule has 0 atom stereocenters. The Morgan fingerprint density at radius 2 is 1.57 bits per heavy atom. The fourth-order valence-corrected chi connectivity index (χ4v) is 4.93. The van der Waals surface area contributed by atoms with Crippen molar-refractivity contribution in [2.75, 3.05) is 59.0 Å². The van der Waals surface area contributed by atoms with Gasteiger partial charge in [0.2, 0.25) is 0 Å². The first-order chi connectivity index (χ1) is 17.2. The van der Waals surface area contributed by atoms with E-state index in [4.69, 9.17) is 4.74 Å². The average Bonchev–Trinajstić information content (AvgIpc) is 2.92. The van der Waals surface area contributed by atoms with Crippen LogP contribution in [-0.2, 0) is 11.3 Å². The van der Waals surface area contributed by atoms with Gasteiger partial charge in [0.15, 0.2) is 0 Å². The predicted octanol–water partition coefficient (Wildman–Crippen LogP) is 3.85. The highest BCUT2D eigenvalue weighted by Gasteiger charge is 2.25. The topological polar surface area (TPSA) is 56.2 Å². The summed E-state index contributed by atoms with van der Waals surface area (Å²) in [6.07, 6.45) is 4.40. The first-order valence-corrected chi connectivity index (χ1v) is 12.5. The van der Waals surface area contributed by atoms with Crippen molar-refractivity contribution in [3.8, 4) is 5.75 Å². The molecule has 6 heteroatoms. The number of hydrogen-bond donors (Lipinski definition) is 1. The number of amides is 1. The monoisotopic (exact) mass is 471 g/mol. The summed E-state index contributed by atoms with van der Waals surface area (Å²) < 4.78 is 5.39. The highest BCUT2D eigenvalue weighted by molar-refractivity contribution is 6.03. The van der Waals surface area contributed by atoms with Crippen LogP contribution < -0.4 is 0 Å². The lowest BCUT2D eigenvalue weighted by atomic mass is 9.97. The van der Waals surface area contributed by atoms with Crippen molar-refractivity contribution in [2.24, 2.45) is 0 Å². The van der Waals surface area contributed by atoms with Crippen LogP contribution in [0, 0.1) is 0 Å². The van der Waals surface area contributed by atoms with Crippen LogP contribution in [0.3, 0.4) is 0 Å². The molecule has 0 spiro atoms. The molecule has 35 heavy (non-hydrogen) atoms. The van der Waals surface area contributed by atoms with Crippen LogP contribution in [0.4, 0.5) is 0 Å². The molecule has 0 unspecified atom stereocenters. The van der Waals surface area contributed by atoms with Gasteiger partial charge in [-0.05, 0) is 22.4 Å². The molecule has 1 amide bonds. The Hall–Kier alpha value is -3.19. The molecule has 2 fully saturated rings. The Kier molecular flexibility index (Phi) is 7.42. The molecule has 2 heterocycles. The number of phenols is 1. The Morgan fingerprint density at radius 1 is 0.886 bits per heavy atom. The average molecular weight is 472 g/mol. The molecule has 3 aromatic rings. The number of morpholine rings is 1. The van der Waals surface area contributed by atoms with Crippen molar-refractivity contribution in [1.29, 1.82) is 0 Å². The van der Waals surface area contributed by atoms with Gasteiger partial charge in [-0.25, -0.2) is 0 Å². The lowest BCUT2D eigenvalue weighted by Crippen LogP contribution is -2.45. The number of nitrogens with zero attached hydrogens (tertiary/aromatic N) is 3. The summed E-state index contributed by atoms with van der Waals surface area (Å²) in [6.45, 7) is 7.56. The summed E-state index contributed by atoms with van der Waals surface area (Å²) in [4.78, 5) is 19.8. The quantitative estimate of drug-likeness (QED) is 0.592. The van der Waals surface area contributed by atoms with E-state index in [1.807, 2.05) is 36.4 Å². The lowest BCUT2D eigenvalue weighted by molar-refractivity contribution is 0.0301. The number of fused-ring (bicyclic) bond motifs is 1. The van der Waals surface area contributed by atoms with Gasteiger partial charge in [-0.15, -0.1) is 0 Å². The van der Waals surface area contributed by atoms with Crippen molar-refractivity contribution < 1.29 is 14.6 Å². The second-order valence-electron chi connectivity index (χ2n) is 9.27. The molecule has 6 nitrogen and oxygen atoms in total. The summed E-state index contributed by atoms with van der Waals surface area (Å²) in [7, 11) is 0. The SMILES string of the molecule is O=C(c1cc2ccccc2c(CN2CCN(C/C=C/c3ccccc3)CC2)c1O)N1CCOCC1. The standard InChI is InChI=1S/C29H33N3O3/c33-28-26(29(34)32-17-19-35-20-18-32)21-24-10-4-5-11-25(24)27(28)22-31-15-13-30(14-16-31)12-6-9-23-7-2-1-3-8-23/h1-11,21,33H,12-20,22H2/b9-6+. The molecule has 3 aromatic carbocycles.